The van der Waals surface area contributed by atoms with Crippen molar-refractivity contribution < 1.29 is 14.3 Å². The predicted molar refractivity (Wildman–Crippen MR) is 63.2 cm³/mol. The van der Waals surface area contributed by atoms with Gasteiger partial charge in [0.15, 0.2) is 5.78 Å². The maximum atomic E-state index is 12.2. The number of piperidine rings is 3. The van der Waals surface area contributed by atoms with E-state index in [9.17, 15) is 9.59 Å². The van der Waals surface area contributed by atoms with Crippen LogP contribution in [0.4, 0.5) is 0 Å². The Morgan fingerprint density at radius 3 is 2.59 bits per heavy atom. The van der Waals surface area contributed by atoms with E-state index in [2.05, 4.69) is 11.8 Å². The van der Waals surface area contributed by atoms with Crippen LogP contribution in [0.25, 0.3) is 0 Å². The average molecular weight is 238 g/mol. The second-order valence-corrected chi connectivity index (χ2v) is 5.42. The third-order valence-corrected chi connectivity index (χ3v) is 3.85. The van der Waals surface area contributed by atoms with Crippen molar-refractivity contribution in [3.63, 3.8) is 0 Å². The highest BCUT2D eigenvalue weighted by Gasteiger charge is 2.50. The number of carbonyl (C=O) groups is 2. The number of esters is 1. The van der Waals surface area contributed by atoms with E-state index in [0.717, 1.165) is 25.9 Å². The van der Waals surface area contributed by atoms with Gasteiger partial charge >= 0.3 is 5.97 Å². The molecule has 0 aromatic carbocycles. The summed E-state index contributed by atoms with van der Waals surface area (Å²) < 4.78 is 5.21. The zero-order chi connectivity index (χ0) is 12.6. The second-order valence-electron chi connectivity index (χ2n) is 5.42. The molecule has 0 aliphatic carbocycles. The lowest BCUT2D eigenvalue weighted by atomic mass is 9.74. The van der Waals surface area contributed by atoms with Gasteiger partial charge in [0, 0.05) is 5.92 Å². The third-order valence-electron chi connectivity index (χ3n) is 3.85. The molecule has 3 heterocycles. The van der Waals surface area contributed by atoms with Crippen molar-refractivity contribution in [2.45, 2.75) is 32.2 Å². The zero-order valence-electron chi connectivity index (χ0n) is 10.6. The summed E-state index contributed by atoms with van der Waals surface area (Å²) >= 11 is 0. The van der Waals surface area contributed by atoms with Crippen LogP contribution in [0.2, 0.25) is 0 Å². The van der Waals surface area contributed by atoms with Gasteiger partial charge in [-0.2, -0.15) is 0 Å². The third kappa shape index (κ3) is 2.10. The maximum absolute atomic E-state index is 12.2. The first-order valence-electron chi connectivity index (χ1n) is 6.26. The molecule has 0 spiro atoms. The van der Waals surface area contributed by atoms with E-state index in [-0.39, 0.29) is 30.2 Å². The van der Waals surface area contributed by atoms with Crippen molar-refractivity contribution in [3.8, 4) is 0 Å². The van der Waals surface area contributed by atoms with Crippen LogP contribution in [0.5, 0.6) is 0 Å². The van der Waals surface area contributed by atoms with Gasteiger partial charge < -0.3 is 4.74 Å². The number of rotatable bonds is 3. The van der Waals surface area contributed by atoms with Gasteiger partial charge in [-0.15, -0.1) is 0 Å². The monoisotopic (exact) mass is 238 g/mol. The molecule has 0 saturated carbocycles. The van der Waals surface area contributed by atoms with Crippen LogP contribution in [0.1, 0.15) is 26.7 Å². The second kappa shape index (κ2) is 4.41. The van der Waals surface area contributed by atoms with Crippen LogP contribution >= 0.6 is 0 Å². The lowest BCUT2D eigenvalue weighted by Crippen LogP contribution is -2.65. The van der Waals surface area contributed by atoms with Crippen LogP contribution in [-0.2, 0) is 14.3 Å². The van der Waals surface area contributed by atoms with Crippen molar-refractivity contribution >= 4 is 11.8 Å². The molecule has 2 bridgehead atoms. The number of ether oxygens (including phenoxy) is 1. The van der Waals surface area contributed by atoms with Gasteiger partial charge in [-0.1, -0.05) is 13.8 Å². The molecule has 1 unspecified atom stereocenters. The Morgan fingerprint density at radius 2 is 2.12 bits per heavy atom. The van der Waals surface area contributed by atoms with Crippen LogP contribution in [0.15, 0.2) is 0 Å². The van der Waals surface area contributed by atoms with E-state index in [1.165, 1.54) is 0 Å². The molecule has 3 aliphatic heterocycles. The lowest BCUT2D eigenvalue weighted by Gasteiger charge is -2.50. The number of fused-ring (bicyclic) bond motifs is 3. The minimum Gasteiger partial charge on any atom is -0.463 e. The molecule has 4 nitrogen and oxygen atoms in total. The Balaban J connectivity index is 2.03. The fourth-order valence-electron chi connectivity index (χ4n) is 2.63. The Bertz CT molecular complexity index is 332. The van der Waals surface area contributed by atoms with Gasteiger partial charge in [-0.05, 0) is 32.9 Å². The van der Waals surface area contributed by atoms with E-state index in [1.54, 1.807) is 13.8 Å². The SMILES string of the molecule is [CH2]C1(COC(=O)C(C)C)C(=O)C2CCN1CC2. The van der Waals surface area contributed by atoms with Gasteiger partial charge in [0.25, 0.3) is 0 Å². The summed E-state index contributed by atoms with van der Waals surface area (Å²) in [5.41, 5.74) is -0.828. The number of carbonyl (C=O) groups excluding carboxylic acids is 2. The van der Waals surface area contributed by atoms with Gasteiger partial charge in [0.1, 0.15) is 12.1 Å². The van der Waals surface area contributed by atoms with E-state index >= 15 is 0 Å². The molecule has 1 atom stereocenters. The number of nitrogens with zero attached hydrogens (tertiary/aromatic N) is 1. The summed E-state index contributed by atoms with van der Waals surface area (Å²) in [7, 11) is 0. The van der Waals surface area contributed by atoms with Gasteiger partial charge in [-0.25, -0.2) is 0 Å². The summed E-state index contributed by atoms with van der Waals surface area (Å²) in [6.45, 7) is 9.47. The van der Waals surface area contributed by atoms with Crippen molar-refractivity contribution in [2.75, 3.05) is 19.7 Å². The van der Waals surface area contributed by atoms with Gasteiger partial charge in [0.05, 0.1) is 5.92 Å². The number of ketones is 1. The summed E-state index contributed by atoms with van der Waals surface area (Å²) in [6.07, 6.45) is 1.85. The molecular formula is C13H20NO3. The van der Waals surface area contributed by atoms with E-state index in [1.807, 2.05) is 0 Å². The maximum Gasteiger partial charge on any atom is 0.308 e. The molecule has 95 valence electrons. The highest BCUT2D eigenvalue weighted by atomic mass is 16.5. The molecule has 0 amide bonds. The fourth-order valence-corrected chi connectivity index (χ4v) is 2.63. The molecule has 3 rings (SSSR count). The fraction of sp³-hybridized carbons (Fsp3) is 0.769. The Labute approximate surface area is 102 Å². The molecule has 0 aromatic heterocycles. The topological polar surface area (TPSA) is 46.6 Å². The first-order valence-corrected chi connectivity index (χ1v) is 6.26. The van der Waals surface area contributed by atoms with Crippen LogP contribution in [-0.4, -0.2) is 41.9 Å². The zero-order valence-corrected chi connectivity index (χ0v) is 10.6. The van der Waals surface area contributed by atoms with Gasteiger partial charge in [0.2, 0.25) is 0 Å². The van der Waals surface area contributed by atoms with Crippen molar-refractivity contribution in [1.82, 2.24) is 4.90 Å². The first-order chi connectivity index (χ1) is 7.95. The number of Topliss-reactive ketones (excluding diaryl/α,β-unsaturated/α-hetero) is 1. The highest BCUT2D eigenvalue weighted by Crippen LogP contribution is 2.35. The molecular weight excluding hydrogens is 218 g/mol. The van der Waals surface area contributed by atoms with E-state index in [0.29, 0.717) is 0 Å². The first kappa shape index (κ1) is 12.6. The van der Waals surface area contributed by atoms with Crippen molar-refractivity contribution in [3.05, 3.63) is 6.92 Å². The number of hydrogen-bond donors (Lipinski definition) is 0. The quantitative estimate of drug-likeness (QED) is 0.690. The summed E-state index contributed by atoms with van der Waals surface area (Å²) in [6, 6.07) is 0. The van der Waals surface area contributed by atoms with Crippen LogP contribution in [0.3, 0.4) is 0 Å². The summed E-state index contributed by atoms with van der Waals surface area (Å²) in [5, 5.41) is 0. The van der Waals surface area contributed by atoms with Gasteiger partial charge in [-0.3, -0.25) is 14.5 Å². The smallest absolute Gasteiger partial charge is 0.308 e. The van der Waals surface area contributed by atoms with Crippen molar-refractivity contribution in [2.24, 2.45) is 11.8 Å². The predicted octanol–water partition coefficient (Wildman–Crippen LogP) is 1.05. The molecule has 3 aliphatic rings. The molecule has 0 N–H and O–H groups in total. The Morgan fingerprint density at radius 1 is 1.53 bits per heavy atom. The van der Waals surface area contributed by atoms with Crippen LogP contribution in [0, 0.1) is 18.8 Å². The van der Waals surface area contributed by atoms with E-state index < -0.39 is 5.54 Å². The Hall–Kier alpha value is -0.900. The largest absolute Gasteiger partial charge is 0.463 e. The summed E-state index contributed by atoms with van der Waals surface area (Å²) in [5.74, 6) is -0.158. The molecule has 1 radical (unpaired) electrons. The lowest BCUT2D eigenvalue weighted by molar-refractivity contribution is -0.159. The molecule has 4 heteroatoms. The highest BCUT2D eigenvalue weighted by molar-refractivity contribution is 5.93. The minimum atomic E-state index is -0.828. The normalized spacial score (nSPS) is 36.4. The molecule has 3 saturated heterocycles. The van der Waals surface area contributed by atoms with Crippen LogP contribution < -0.4 is 0 Å². The standard InChI is InChI=1S/C13H20NO3/c1-9(2)12(16)17-8-13(3)11(15)10-4-6-14(13)7-5-10/h9-10H,3-8H2,1-2H3. The number of hydrogen-bond acceptors (Lipinski definition) is 4. The van der Waals surface area contributed by atoms with E-state index in [4.69, 9.17) is 4.74 Å². The minimum absolute atomic E-state index is 0.0966. The molecule has 17 heavy (non-hydrogen) atoms. The van der Waals surface area contributed by atoms with Crippen molar-refractivity contribution in [1.29, 1.82) is 0 Å². The average Bonchev–Trinajstić information content (AvgIpc) is 2.33. The molecule has 0 aromatic rings. The summed E-state index contributed by atoms with van der Waals surface area (Å²) in [4.78, 5) is 25.7. The Kier molecular flexibility index (Phi) is 3.25. The molecule has 3 fully saturated rings.